The van der Waals surface area contributed by atoms with Gasteiger partial charge in [0.2, 0.25) is 0 Å². The number of likely N-dealkylation sites (tertiary alicyclic amines) is 1. The summed E-state index contributed by atoms with van der Waals surface area (Å²) in [6.07, 6.45) is 2.39. The van der Waals surface area contributed by atoms with Gasteiger partial charge in [0.1, 0.15) is 17.4 Å². The van der Waals surface area contributed by atoms with Crippen LogP contribution in [-0.2, 0) is 20.1 Å². The molecule has 0 N–H and O–H groups in total. The summed E-state index contributed by atoms with van der Waals surface area (Å²) in [5.41, 5.74) is 2.54. The molecule has 1 aliphatic heterocycles. The first-order valence-corrected chi connectivity index (χ1v) is 9.36. The summed E-state index contributed by atoms with van der Waals surface area (Å²) >= 11 is 0. The normalized spacial score (nSPS) is 18.5. The number of ether oxygens (including phenoxy) is 1. The molecule has 0 aliphatic carbocycles. The van der Waals surface area contributed by atoms with Crippen LogP contribution in [0.2, 0.25) is 0 Å². The molecule has 0 saturated carbocycles. The molecule has 3 rings (SSSR count). The molecule has 0 amide bonds. The van der Waals surface area contributed by atoms with Gasteiger partial charge >= 0.3 is 0 Å². The van der Waals surface area contributed by atoms with Crippen molar-refractivity contribution in [2.45, 2.75) is 38.8 Å². The minimum Gasteiger partial charge on any atom is -0.496 e. The van der Waals surface area contributed by atoms with Crippen LogP contribution in [0.1, 0.15) is 41.5 Å². The van der Waals surface area contributed by atoms with E-state index in [0.717, 1.165) is 43.6 Å². The number of rotatable bonds is 6. The number of benzene rings is 1. The van der Waals surface area contributed by atoms with Gasteiger partial charge in [0, 0.05) is 26.1 Å². The van der Waals surface area contributed by atoms with Crippen molar-refractivity contribution in [3.8, 4) is 5.75 Å². The lowest BCUT2D eigenvalue weighted by Gasteiger charge is -2.32. The van der Waals surface area contributed by atoms with Crippen LogP contribution in [0.4, 0.5) is 0 Å². The van der Waals surface area contributed by atoms with E-state index in [2.05, 4.69) is 70.8 Å². The Kier molecular flexibility index (Phi) is 5.94. The van der Waals surface area contributed by atoms with Crippen molar-refractivity contribution in [1.82, 2.24) is 24.6 Å². The van der Waals surface area contributed by atoms with Crippen LogP contribution in [0, 0.1) is 6.92 Å². The average Bonchev–Trinajstić information content (AvgIpc) is 2.95. The second kappa shape index (κ2) is 8.18. The van der Waals surface area contributed by atoms with Crippen molar-refractivity contribution in [2.75, 3.05) is 34.3 Å². The molecule has 2 aromatic rings. The molecule has 1 atom stereocenters. The van der Waals surface area contributed by atoms with Gasteiger partial charge in [0.05, 0.1) is 13.7 Å². The van der Waals surface area contributed by atoms with Crippen molar-refractivity contribution in [1.29, 1.82) is 0 Å². The molecule has 1 unspecified atom stereocenters. The standard InChI is InChI=1S/C20H31N5O/c1-15-11-16(8-9-18(15)26-5)12-25-10-6-7-17(13-25)20-22-21-19(24(20)4)14-23(2)3/h8-9,11,17H,6-7,10,12-14H2,1-5H3. The highest BCUT2D eigenvalue weighted by molar-refractivity contribution is 5.36. The van der Waals surface area contributed by atoms with Gasteiger partial charge in [0.15, 0.2) is 0 Å². The molecule has 1 fully saturated rings. The molecule has 0 spiro atoms. The maximum atomic E-state index is 5.37. The summed E-state index contributed by atoms with van der Waals surface area (Å²) in [6.45, 7) is 6.09. The van der Waals surface area contributed by atoms with Crippen LogP contribution >= 0.6 is 0 Å². The van der Waals surface area contributed by atoms with Crippen LogP contribution in [0.5, 0.6) is 5.75 Å². The third kappa shape index (κ3) is 4.24. The Balaban J connectivity index is 1.68. The second-order valence-corrected chi connectivity index (χ2v) is 7.65. The topological polar surface area (TPSA) is 46.4 Å². The van der Waals surface area contributed by atoms with Gasteiger partial charge in [-0.05, 0) is 57.6 Å². The lowest BCUT2D eigenvalue weighted by molar-refractivity contribution is 0.195. The highest BCUT2D eigenvalue weighted by Crippen LogP contribution is 2.27. The van der Waals surface area contributed by atoms with Crippen LogP contribution in [0.25, 0.3) is 0 Å². The van der Waals surface area contributed by atoms with E-state index in [1.807, 2.05) is 0 Å². The van der Waals surface area contributed by atoms with Gasteiger partial charge < -0.3 is 14.2 Å². The fourth-order valence-corrected chi connectivity index (χ4v) is 3.86. The van der Waals surface area contributed by atoms with E-state index in [1.54, 1.807) is 7.11 Å². The van der Waals surface area contributed by atoms with Gasteiger partial charge in [-0.3, -0.25) is 4.90 Å². The molecule has 1 aliphatic rings. The number of nitrogens with zero attached hydrogens (tertiary/aromatic N) is 5. The molecule has 1 saturated heterocycles. The maximum absolute atomic E-state index is 5.37. The van der Waals surface area contributed by atoms with E-state index < -0.39 is 0 Å². The summed E-state index contributed by atoms with van der Waals surface area (Å²) < 4.78 is 7.56. The quantitative estimate of drug-likeness (QED) is 0.795. The second-order valence-electron chi connectivity index (χ2n) is 7.65. The van der Waals surface area contributed by atoms with Crippen molar-refractivity contribution < 1.29 is 4.74 Å². The lowest BCUT2D eigenvalue weighted by Crippen LogP contribution is -2.35. The monoisotopic (exact) mass is 357 g/mol. The zero-order valence-corrected chi connectivity index (χ0v) is 16.7. The highest BCUT2D eigenvalue weighted by atomic mass is 16.5. The summed E-state index contributed by atoms with van der Waals surface area (Å²) in [5, 5.41) is 8.92. The van der Waals surface area contributed by atoms with Gasteiger partial charge in [-0.15, -0.1) is 10.2 Å². The average molecular weight is 358 g/mol. The predicted molar refractivity (Wildman–Crippen MR) is 103 cm³/mol. The third-order valence-corrected chi connectivity index (χ3v) is 5.19. The van der Waals surface area contributed by atoms with Crippen LogP contribution in [0.3, 0.4) is 0 Å². The van der Waals surface area contributed by atoms with E-state index in [1.165, 1.54) is 24.0 Å². The number of aromatic nitrogens is 3. The molecule has 1 aromatic carbocycles. The predicted octanol–water partition coefficient (Wildman–Crippen LogP) is 2.57. The molecule has 6 nitrogen and oxygen atoms in total. The van der Waals surface area contributed by atoms with E-state index in [-0.39, 0.29) is 0 Å². The van der Waals surface area contributed by atoms with Crippen molar-refractivity contribution in [3.05, 3.63) is 41.0 Å². The van der Waals surface area contributed by atoms with Crippen LogP contribution in [-0.4, -0.2) is 58.9 Å². The molecule has 2 heterocycles. The Morgan fingerprint density at radius 2 is 2.08 bits per heavy atom. The Labute approximate surface area is 156 Å². The van der Waals surface area contributed by atoms with Crippen molar-refractivity contribution >= 4 is 0 Å². The molecule has 0 bridgehead atoms. The zero-order chi connectivity index (χ0) is 18.7. The number of methoxy groups -OCH3 is 1. The smallest absolute Gasteiger partial charge is 0.146 e. The Morgan fingerprint density at radius 3 is 2.77 bits per heavy atom. The van der Waals surface area contributed by atoms with Crippen LogP contribution in [0.15, 0.2) is 18.2 Å². The maximum Gasteiger partial charge on any atom is 0.146 e. The molecule has 142 valence electrons. The minimum absolute atomic E-state index is 0.455. The van der Waals surface area contributed by atoms with Gasteiger partial charge in [0.25, 0.3) is 0 Å². The largest absolute Gasteiger partial charge is 0.496 e. The van der Waals surface area contributed by atoms with Crippen LogP contribution < -0.4 is 4.74 Å². The van der Waals surface area contributed by atoms with E-state index in [9.17, 15) is 0 Å². The van der Waals surface area contributed by atoms with Crippen molar-refractivity contribution in [3.63, 3.8) is 0 Å². The lowest BCUT2D eigenvalue weighted by atomic mass is 9.96. The first kappa shape index (κ1) is 18.9. The SMILES string of the molecule is COc1ccc(CN2CCCC(c3nnc(CN(C)C)n3C)C2)cc1C. The number of aryl methyl sites for hydroxylation is 1. The first-order valence-electron chi connectivity index (χ1n) is 9.36. The fraction of sp³-hybridized carbons (Fsp3) is 0.600. The Hall–Kier alpha value is -1.92. The van der Waals surface area contributed by atoms with E-state index >= 15 is 0 Å². The summed E-state index contributed by atoms with van der Waals surface area (Å²) in [6, 6.07) is 6.48. The van der Waals surface area contributed by atoms with Gasteiger partial charge in [-0.1, -0.05) is 12.1 Å². The molecule has 1 aromatic heterocycles. The molecule has 26 heavy (non-hydrogen) atoms. The number of hydrogen-bond acceptors (Lipinski definition) is 5. The van der Waals surface area contributed by atoms with E-state index in [4.69, 9.17) is 4.74 Å². The molecule has 0 radical (unpaired) electrons. The number of piperidine rings is 1. The van der Waals surface area contributed by atoms with Gasteiger partial charge in [-0.2, -0.15) is 0 Å². The molecular formula is C20H31N5O. The molecular weight excluding hydrogens is 326 g/mol. The van der Waals surface area contributed by atoms with Crippen molar-refractivity contribution in [2.24, 2.45) is 7.05 Å². The number of hydrogen-bond donors (Lipinski definition) is 0. The third-order valence-electron chi connectivity index (χ3n) is 5.19. The fourth-order valence-electron chi connectivity index (χ4n) is 3.86. The molecule has 6 heteroatoms. The zero-order valence-electron chi connectivity index (χ0n) is 16.7. The highest BCUT2D eigenvalue weighted by Gasteiger charge is 2.26. The first-order chi connectivity index (χ1) is 12.5. The minimum atomic E-state index is 0.455. The summed E-state index contributed by atoms with van der Waals surface area (Å²) in [5.74, 6) is 3.57. The Bertz CT molecular complexity index is 740. The Morgan fingerprint density at radius 1 is 1.27 bits per heavy atom. The van der Waals surface area contributed by atoms with Gasteiger partial charge in [-0.25, -0.2) is 0 Å². The summed E-state index contributed by atoms with van der Waals surface area (Å²) in [7, 11) is 7.95. The summed E-state index contributed by atoms with van der Waals surface area (Å²) in [4.78, 5) is 4.67. The van der Waals surface area contributed by atoms with E-state index in [0.29, 0.717) is 5.92 Å².